The van der Waals surface area contributed by atoms with Gasteiger partial charge in [-0.2, -0.15) is 0 Å². The maximum Gasteiger partial charge on any atom is 0.323 e. The fourth-order valence-electron chi connectivity index (χ4n) is 2.43. The number of carbonyl (C=O) groups excluding carboxylic acids is 1. The highest BCUT2D eigenvalue weighted by molar-refractivity contribution is 5.93. The predicted molar refractivity (Wildman–Crippen MR) is 93.8 cm³/mol. The average Bonchev–Trinajstić information content (AvgIpc) is 2.94. The van der Waals surface area contributed by atoms with Crippen LogP contribution >= 0.6 is 0 Å². The average molecular weight is 341 g/mol. The maximum atomic E-state index is 12.0. The van der Waals surface area contributed by atoms with Gasteiger partial charge in [0.05, 0.1) is 16.0 Å². The van der Waals surface area contributed by atoms with Crippen LogP contribution in [-0.2, 0) is 4.79 Å². The van der Waals surface area contributed by atoms with Crippen LogP contribution in [-0.4, -0.2) is 27.3 Å². The molecule has 25 heavy (non-hydrogen) atoms. The van der Waals surface area contributed by atoms with Gasteiger partial charge < -0.3 is 20.6 Å². The van der Waals surface area contributed by atoms with Crippen LogP contribution < -0.4 is 16.3 Å². The van der Waals surface area contributed by atoms with Crippen LogP contribution in [0.2, 0.25) is 0 Å². The molecule has 9 nitrogen and oxygen atoms in total. The van der Waals surface area contributed by atoms with E-state index < -0.39 is 4.92 Å². The van der Waals surface area contributed by atoms with Crippen LogP contribution in [0.15, 0.2) is 47.3 Å². The standard InChI is InChI=1S/C16H15N5O4/c22-15(7-8-17-12-3-1-2-4-14(12)21(24)25)18-10-5-6-11-13(9-10)20-16(23)19-11/h1-6,9,17H,7-8H2,(H,18,22)(H2,19,20,23). The zero-order valence-electron chi connectivity index (χ0n) is 13.0. The molecule has 9 heteroatoms. The van der Waals surface area contributed by atoms with Gasteiger partial charge in [-0.05, 0) is 24.3 Å². The van der Waals surface area contributed by atoms with Crippen LogP contribution in [0.3, 0.4) is 0 Å². The summed E-state index contributed by atoms with van der Waals surface area (Å²) in [6, 6.07) is 11.3. The summed E-state index contributed by atoms with van der Waals surface area (Å²) in [6.07, 6.45) is 0.133. The molecule has 0 aliphatic heterocycles. The van der Waals surface area contributed by atoms with Gasteiger partial charge in [0.1, 0.15) is 5.69 Å². The molecule has 0 fully saturated rings. The van der Waals surface area contributed by atoms with E-state index in [2.05, 4.69) is 20.6 Å². The van der Waals surface area contributed by atoms with Gasteiger partial charge in [0.25, 0.3) is 5.69 Å². The molecule has 0 unspecified atom stereocenters. The van der Waals surface area contributed by atoms with Gasteiger partial charge in [-0.3, -0.25) is 14.9 Å². The maximum absolute atomic E-state index is 12.0. The van der Waals surface area contributed by atoms with Crippen molar-refractivity contribution in [3.8, 4) is 0 Å². The topological polar surface area (TPSA) is 133 Å². The van der Waals surface area contributed by atoms with E-state index in [0.29, 0.717) is 22.4 Å². The number of benzene rings is 2. The SMILES string of the molecule is O=C(CCNc1ccccc1[N+](=O)[O-])Nc1ccc2[nH]c(=O)[nH]c2c1. The minimum Gasteiger partial charge on any atom is -0.379 e. The molecule has 0 bridgehead atoms. The highest BCUT2D eigenvalue weighted by Crippen LogP contribution is 2.23. The van der Waals surface area contributed by atoms with Crippen molar-refractivity contribution in [2.45, 2.75) is 6.42 Å². The number of nitrogens with one attached hydrogen (secondary N) is 4. The highest BCUT2D eigenvalue weighted by atomic mass is 16.6. The first-order valence-electron chi connectivity index (χ1n) is 7.52. The Morgan fingerprint density at radius 1 is 1.12 bits per heavy atom. The summed E-state index contributed by atoms with van der Waals surface area (Å²) in [5.41, 5.74) is 1.82. The third-order valence-corrected chi connectivity index (χ3v) is 3.57. The Balaban J connectivity index is 1.57. The van der Waals surface area contributed by atoms with Gasteiger partial charge in [0, 0.05) is 24.7 Å². The Labute approximate surface area is 141 Å². The van der Waals surface area contributed by atoms with Crippen molar-refractivity contribution in [3.63, 3.8) is 0 Å². The van der Waals surface area contributed by atoms with Gasteiger partial charge in [0.15, 0.2) is 0 Å². The molecule has 3 aromatic rings. The number of nitro groups is 1. The molecule has 1 heterocycles. The Bertz CT molecular complexity index is 991. The van der Waals surface area contributed by atoms with E-state index in [1.165, 1.54) is 6.07 Å². The monoisotopic (exact) mass is 341 g/mol. The van der Waals surface area contributed by atoms with E-state index >= 15 is 0 Å². The summed E-state index contributed by atoms with van der Waals surface area (Å²) in [5.74, 6) is -0.247. The number of imidazole rings is 1. The van der Waals surface area contributed by atoms with E-state index in [1.807, 2.05) is 0 Å². The number of para-hydroxylation sites is 2. The second-order valence-corrected chi connectivity index (χ2v) is 5.34. The minimum absolute atomic E-state index is 0.0372. The number of nitrogens with zero attached hydrogens (tertiary/aromatic N) is 1. The highest BCUT2D eigenvalue weighted by Gasteiger charge is 2.12. The summed E-state index contributed by atoms with van der Waals surface area (Å²) in [7, 11) is 0. The first-order valence-corrected chi connectivity index (χ1v) is 7.52. The number of hydrogen-bond donors (Lipinski definition) is 4. The molecule has 0 saturated carbocycles. The minimum atomic E-state index is -0.477. The number of hydrogen-bond acceptors (Lipinski definition) is 5. The number of aromatic nitrogens is 2. The van der Waals surface area contributed by atoms with Crippen LogP contribution in [0.4, 0.5) is 17.1 Å². The third-order valence-electron chi connectivity index (χ3n) is 3.57. The number of rotatable bonds is 6. The molecular formula is C16H15N5O4. The summed E-state index contributed by atoms with van der Waals surface area (Å²) in [4.78, 5) is 38.9. The Morgan fingerprint density at radius 3 is 2.68 bits per heavy atom. The number of aromatic amines is 2. The fourth-order valence-corrected chi connectivity index (χ4v) is 2.43. The molecule has 1 amide bonds. The van der Waals surface area contributed by atoms with E-state index in [0.717, 1.165) is 0 Å². The lowest BCUT2D eigenvalue weighted by Crippen LogP contribution is -2.16. The molecule has 0 aliphatic carbocycles. The normalized spacial score (nSPS) is 10.6. The quantitative estimate of drug-likeness (QED) is 0.403. The fraction of sp³-hybridized carbons (Fsp3) is 0.125. The number of H-pyrrole nitrogens is 2. The predicted octanol–water partition coefficient (Wildman–Crippen LogP) is 2.21. The molecule has 3 rings (SSSR count). The van der Waals surface area contributed by atoms with Crippen molar-refractivity contribution in [1.29, 1.82) is 0 Å². The molecular weight excluding hydrogens is 326 g/mol. The lowest BCUT2D eigenvalue weighted by molar-refractivity contribution is -0.384. The lowest BCUT2D eigenvalue weighted by atomic mass is 10.2. The van der Waals surface area contributed by atoms with E-state index in [9.17, 15) is 19.7 Å². The second kappa shape index (κ2) is 6.87. The van der Waals surface area contributed by atoms with Gasteiger partial charge in [-0.15, -0.1) is 0 Å². The summed E-state index contributed by atoms with van der Waals surface area (Å²) in [6.45, 7) is 0.250. The first-order chi connectivity index (χ1) is 12.0. The number of fused-ring (bicyclic) bond motifs is 1. The molecule has 0 aliphatic rings. The first kappa shape index (κ1) is 16.2. The van der Waals surface area contributed by atoms with Gasteiger partial charge in [0.2, 0.25) is 5.91 Å². The van der Waals surface area contributed by atoms with E-state index in [1.54, 1.807) is 36.4 Å². The van der Waals surface area contributed by atoms with Crippen molar-refractivity contribution in [3.05, 3.63) is 63.1 Å². The van der Waals surface area contributed by atoms with Crippen LogP contribution in [0.5, 0.6) is 0 Å². The third kappa shape index (κ3) is 3.83. The second-order valence-electron chi connectivity index (χ2n) is 5.34. The molecule has 2 aromatic carbocycles. The van der Waals surface area contributed by atoms with Gasteiger partial charge in [-0.25, -0.2) is 4.79 Å². The van der Waals surface area contributed by atoms with Gasteiger partial charge >= 0.3 is 5.69 Å². The summed E-state index contributed by atoms with van der Waals surface area (Å²) in [5, 5.41) is 16.5. The van der Waals surface area contributed by atoms with Crippen molar-refractivity contribution in [2.75, 3.05) is 17.2 Å². The molecule has 0 radical (unpaired) electrons. The molecule has 0 spiro atoms. The van der Waals surface area contributed by atoms with E-state index in [4.69, 9.17) is 0 Å². The number of carbonyl (C=O) groups is 1. The van der Waals surface area contributed by atoms with Crippen molar-refractivity contribution in [2.24, 2.45) is 0 Å². The molecule has 128 valence electrons. The zero-order valence-corrected chi connectivity index (χ0v) is 13.0. The van der Waals surface area contributed by atoms with Gasteiger partial charge in [-0.1, -0.05) is 12.1 Å². The number of amides is 1. The zero-order chi connectivity index (χ0) is 17.8. The summed E-state index contributed by atoms with van der Waals surface area (Å²) < 4.78 is 0. The van der Waals surface area contributed by atoms with Crippen LogP contribution in [0, 0.1) is 10.1 Å². The van der Waals surface area contributed by atoms with Crippen molar-refractivity contribution >= 4 is 34.0 Å². The number of nitro benzene ring substituents is 1. The summed E-state index contributed by atoms with van der Waals surface area (Å²) >= 11 is 0. The molecule has 4 N–H and O–H groups in total. The largest absolute Gasteiger partial charge is 0.379 e. The Hall–Kier alpha value is -3.62. The number of anilines is 2. The van der Waals surface area contributed by atoms with E-state index in [-0.39, 0.29) is 30.2 Å². The smallest absolute Gasteiger partial charge is 0.323 e. The van der Waals surface area contributed by atoms with Crippen molar-refractivity contribution < 1.29 is 9.72 Å². The molecule has 0 saturated heterocycles. The Morgan fingerprint density at radius 2 is 1.88 bits per heavy atom. The lowest BCUT2D eigenvalue weighted by Gasteiger charge is -2.08. The van der Waals surface area contributed by atoms with Crippen LogP contribution in [0.1, 0.15) is 6.42 Å². The Kier molecular flexibility index (Phi) is 4.46. The molecule has 0 atom stereocenters. The molecule has 1 aromatic heterocycles. The van der Waals surface area contributed by atoms with Crippen LogP contribution in [0.25, 0.3) is 11.0 Å². The van der Waals surface area contributed by atoms with Crippen molar-refractivity contribution in [1.82, 2.24) is 9.97 Å².